The van der Waals surface area contributed by atoms with Gasteiger partial charge in [0.05, 0.1) is 6.42 Å². The Morgan fingerprint density at radius 3 is 3.00 bits per heavy atom. The topological polar surface area (TPSA) is 59.2 Å². The molecule has 4 nitrogen and oxygen atoms in total. The Bertz CT molecular complexity index is 565. The number of phenols is 1. The van der Waals surface area contributed by atoms with Crippen LogP contribution in [0.1, 0.15) is 49.4 Å². The lowest BCUT2D eigenvalue weighted by Gasteiger charge is -2.01. The van der Waals surface area contributed by atoms with Crippen LogP contribution in [0.15, 0.2) is 28.8 Å². The second-order valence-corrected chi connectivity index (χ2v) is 5.51. The Morgan fingerprint density at radius 2 is 2.26 bits per heavy atom. The summed E-state index contributed by atoms with van der Waals surface area (Å²) in [7, 11) is 0. The summed E-state index contributed by atoms with van der Waals surface area (Å²) in [6.07, 6.45) is 4.14. The lowest BCUT2D eigenvalue weighted by Crippen LogP contribution is -1.97. The van der Waals surface area contributed by atoms with E-state index in [4.69, 9.17) is 4.52 Å². The van der Waals surface area contributed by atoms with Crippen molar-refractivity contribution >= 4 is 0 Å². The number of hydrogen-bond donors (Lipinski definition) is 1. The lowest BCUT2D eigenvalue weighted by molar-refractivity contribution is 0.375. The molecule has 1 fully saturated rings. The van der Waals surface area contributed by atoms with E-state index >= 15 is 0 Å². The van der Waals surface area contributed by atoms with Gasteiger partial charge in [-0.3, -0.25) is 0 Å². The summed E-state index contributed by atoms with van der Waals surface area (Å²) in [5.74, 6) is 2.95. The van der Waals surface area contributed by atoms with Crippen molar-refractivity contribution in [2.75, 3.05) is 0 Å². The summed E-state index contributed by atoms with van der Waals surface area (Å²) in [6, 6.07) is 7.14. The molecule has 1 saturated carbocycles. The monoisotopic (exact) mass is 258 g/mol. The molecule has 0 amide bonds. The summed E-state index contributed by atoms with van der Waals surface area (Å²) in [5, 5.41) is 13.5. The van der Waals surface area contributed by atoms with Gasteiger partial charge < -0.3 is 9.63 Å². The predicted octanol–water partition coefficient (Wildman–Crippen LogP) is 3.27. The summed E-state index contributed by atoms with van der Waals surface area (Å²) >= 11 is 0. The highest BCUT2D eigenvalue weighted by Gasteiger charge is 2.26. The predicted molar refractivity (Wildman–Crippen MR) is 71.0 cm³/mol. The highest BCUT2D eigenvalue weighted by Crippen LogP contribution is 2.36. The van der Waals surface area contributed by atoms with E-state index in [0.29, 0.717) is 18.2 Å². The molecule has 0 bridgehead atoms. The molecule has 2 unspecified atom stereocenters. The molecule has 1 aromatic carbocycles. The maximum atomic E-state index is 9.43. The first-order valence-electron chi connectivity index (χ1n) is 6.81. The molecule has 3 rings (SSSR count). The number of benzene rings is 1. The Kier molecular flexibility index (Phi) is 3.23. The molecule has 4 heteroatoms. The minimum absolute atomic E-state index is 0.266. The van der Waals surface area contributed by atoms with Crippen LogP contribution in [0.5, 0.6) is 5.75 Å². The van der Waals surface area contributed by atoms with Gasteiger partial charge in [-0.1, -0.05) is 24.2 Å². The molecule has 100 valence electrons. The molecule has 1 aromatic heterocycles. The zero-order chi connectivity index (χ0) is 13.2. The van der Waals surface area contributed by atoms with Gasteiger partial charge in [-0.15, -0.1) is 0 Å². The number of aromatic hydroxyl groups is 1. The van der Waals surface area contributed by atoms with E-state index in [1.54, 1.807) is 12.1 Å². The van der Waals surface area contributed by atoms with Crippen LogP contribution in [0.3, 0.4) is 0 Å². The molecule has 19 heavy (non-hydrogen) atoms. The van der Waals surface area contributed by atoms with Crippen molar-refractivity contribution in [2.24, 2.45) is 5.92 Å². The van der Waals surface area contributed by atoms with E-state index in [-0.39, 0.29) is 5.75 Å². The van der Waals surface area contributed by atoms with Crippen molar-refractivity contribution < 1.29 is 9.63 Å². The highest BCUT2D eigenvalue weighted by atomic mass is 16.5. The van der Waals surface area contributed by atoms with E-state index in [0.717, 1.165) is 30.1 Å². The third kappa shape index (κ3) is 2.78. The lowest BCUT2D eigenvalue weighted by atomic mass is 10.1. The molecule has 2 atom stereocenters. The number of nitrogens with zero attached hydrogens (tertiary/aromatic N) is 2. The molecule has 1 N–H and O–H groups in total. The average molecular weight is 258 g/mol. The van der Waals surface area contributed by atoms with Crippen LogP contribution in [0.2, 0.25) is 0 Å². The summed E-state index contributed by atoms with van der Waals surface area (Å²) in [4.78, 5) is 4.49. The first-order chi connectivity index (χ1) is 9.20. The molecule has 0 radical (unpaired) electrons. The van der Waals surface area contributed by atoms with E-state index in [2.05, 4.69) is 17.1 Å². The van der Waals surface area contributed by atoms with Crippen molar-refractivity contribution in [3.63, 3.8) is 0 Å². The van der Waals surface area contributed by atoms with Crippen LogP contribution in [-0.2, 0) is 6.42 Å². The molecule has 0 saturated heterocycles. The SMILES string of the molecule is CC1CCC(c2noc(Cc3cccc(O)c3)n2)C1. The fourth-order valence-electron chi connectivity index (χ4n) is 2.79. The largest absolute Gasteiger partial charge is 0.508 e. The van der Waals surface area contributed by atoms with Crippen LogP contribution < -0.4 is 0 Å². The molecular formula is C15H18N2O2. The molecule has 0 aliphatic heterocycles. The maximum Gasteiger partial charge on any atom is 0.231 e. The third-order valence-electron chi connectivity index (χ3n) is 3.81. The summed E-state index contributed by atoms with van der Waals surface area (Å²) < 4.78 is 5.31. The summed E-state index contributed by atoms with van der Waals surface area (Å²) in [6.45, 7) is 2.27. The zero-order valence-electron chi connectivity index (χ0n) is 11.0. The Hall–Kier alpha value is -1.84. The highest BCUT2D eigenvalue weighted by molar-refractivity contribution is 5.28. The first-order valence-corrected chi connectivity index (χ1v) is 6.81. The fraction of sp³-hybridized carbons (Fsp3) is 0.467. The summed E-state index contributed by atoms with van der Waals surface area (Å²) in [5.41, 5.74) is 0.981. The molecule has 1 heterocycles. The van der Waals surface area contributed by atoms with Crippen molar-refractivity contribution in [1.29, 1.82) is 0 Å². The van der Waals surface area contributed by atoms with Gasteiger partial charge in [-0.05, 0) is 42.9 Å². The average Bonchev–Trinajstić information content (AvgIpc) is 2.98. The second kappa shape index (κ2) is 5.03. The van der Waals surface area contributed by atoms with Gasteiger partial charge in [0.15, 0.2) is 5.82 Å². The van der Waals surface area contributed by atoms with Crippen molar-refractivity contribution in [1.82, 2.24) is 10.1 Å². The van der Waals surface area contributed by atoms with Gasteiger partial charge in [-0.25, -0.2) is 0 Å². The molecule has 2 aromatic rings. The van der Waals surface area contributed by atoms with Gasteiger partial charge in [0.25, 0.3) is 0 Å². The van der Waals surface area contributed by atoms with Crippen LogP contribution in [0, 0.1) is 5.92 Å². The molecule has 0 spiro atoms. The molecule has 1 aliphatic carbocycles. The zero-order valence-corrected chi connectivity index (χ0v) is 11.0. The van der Waals surface area contributed by atoms with Crippen LogP contribution >= 0.6 is 0 Å². The van der Waals surface area contributed by atoms with E-state index in [1.165, 1.54) is 6.42 Å². The van der Waals surface area contributed by atoms with Gasteiger partial charge in [0, 0.05) is 5.92 Å². The minimum atomic E-state index is 0.266. The van der Waals surface area contributed by atoms with Crippen LogP contribution in [0.4, 0.5) is 0 Å². The van der Waals surface area contributed by atoms with Gasteiger partial charge in [-0.2, -0.15) is 4.98 Å². The Labute approximate surface area is 112 Å². The Balaban J connectivity index is 1.71. The smallest absolute Gasteiger partial charge is 0.231 e. The van der Waals surface area contributed by atoms with Crippen molar-refractivity contribution in [3.05, 3.63) is 41.5 Å². The van der Waals surface area contributed by atoms with Gasteiger partial charge in [0.2, 0.25) is 5.89 Å². The molecule has 1 aliphatic rings. The number of phenolic OH excluding ortho intramolecular Hbond substituents is 1. The Morgan fingerprint density at radius 1 is 1.37 bits per heavy atom. The van der Waals surface area contributed by atoms with E-state index < -0.39 is 0 Å². The van der Waals surface area contributed by atoms with Crippen LogP contribution in [0.25, 0.3) is 0 Å². The quantitative estimate of drug-likeness (QED) is 0.917. The number of hydrogen-bond acceptors (Lipinski definition) is 4. The third-order valence-corrected chi connectivity index (χ3v) is 3.81. The van der Waals surface area contributed by atoms with Crippen LogP contribution in [-0.4, -0.2) is 15.2 Å². The first kappa shape index (κ1) is 12.2. The fourth-order valence-corrected chi connectivity index (χ4v) is 2.79. The van der Waals surface area contributed by atoms with Crippen molar-refractivity contribution in [3.8, 4) is 5.75 Å². The second-order valence-electron chi connectivity index (χ2n) is 5.51. The van der Waals surface area contributed by atoms with E-state index in [1.807, 2.05) is 12.1 Å². The normalized spacial score (nSPS) is 22.8. The molecular weight excluding hydrogens is 240 g/mol. The van der Waals surface area contributed by atoms with Gasteiger partial charge in [0.1, 0.15) is 5.75 Å². The van der Waals surface area contributed by atoms with E-state index in [9.17, 15) is 5.11 Å². The number of aromatic nitrogens is 2. The minimum Gasteiger partial charge on any atom is -0.508 e. The number of rotatable bonds is 3. The maximum absolute atomic E-state index is 9.43. The standard InChI is InChI=1S/C15H18N2O2/c1-10-5-6-12(7-10)15-16-14(19-17-15)9-11-3-2-4-13(18)8-11/h2-4,8,10,12,18H,5-7,9H2,1H3. The van der Waals surface area contributed by atoms with Crippen molar-refractivity contribution in [2.45, 2.75) is 38.5 Å². The van der Waals surface area contributed by atoms with Gasteiger partial charge >= 0.3 is 0 Å².